The molecule has 216 valence electrons. The second kappa shape index (κ2) is 9.15. The van der Waals surface area contributed by atoms with Gasteiger partial charge in [-0.05, 0) is 80.9 Å². The summed E-state index contributed by atoms with van der Waals surface area (Å²) in [6.45, 7) is 4.73. The summed E-state index contributed by atoms with van der Waals surface area (Å²) in [6.07, 6.45) is 0. The van der Waals surface area contributed by atoms with Gasteiger partial charge in [0.1, 0.15) is 0 Å². The number of rotatable bonds is 2. The normalized spacial score (nSPS) is 13.6. The van der Waals surface area contributed by atoms with E-state index in [2.05, 4.69) is 164 Å². The lowest BCUT2D eigenvalue weighted by atomic mass is 9.81. The summed E-state index contributed by atoms with van der Waals surface area (Å²) in [5.74, 6) is 0. The molecule has 0 fully saturated rings. The van der Waals surface area contributed by atoms with Crippen LogP contribution < -0.4 is 0 Å². The number of hydrogen-bond donors (Lipinski definition) is 0. The maximum Gasteiger partial charge on any atom is 0.0794 e. The minimum atomic E-state index is -0.158. The molecule has 2 nitrogen and oxygen atoms in total. The van der Waals surface area contributed by atoms with Gasteiger partial charge in [-0.1, -0.05) is 117 Å². The Hall–Kier alpha value is -5.73. The first-order valence-electron chi connectivity index (χ1n) is 16.1. The van der Waals surface area contributed by atoms with Crippen molar-refractivity contribution < 1.29 is 0 Å². The molecule has 2 heteroatoms. The summed E-state index contributed by atoms with van der Waals surface area (Å²) >= 11 is 0. The van der Waals surface area contributed by atoms with E-state index in [4.69, 9.17) is 4.98 Å². The van der Waals surface area contributed by atoms with E-state index in [0.29, 0.717) is 0 Å². The minimum absolute atomic E-state index is 0.158. The van der Waals surface area contributed by atoms with Crippen LogP contribution in [0.3, 0.4) is 0 Å². The van der Waals surface area contributed by atoms with E-state index in [1.807, 2.05) is 0 Å². The summed E-state index contributed by atoms with van der Waals surface area (Å²) in [4.78, 5) is 5.35. The van der Waals surface area contributed by atoms with Crippen LogP contribution in [0.4, 0.5) is 0 Å². The van der Waals surface area contributed by atoms with Crippen LogP contribution in [0.2, 0.25) is 0 Å². The lowest BCUT2D eigenvalue weighted by Crippen LogP contribution is -2.15. The summed E-state index contributed by atoms with van der Waals surface area (Å²) in [5.41, 5.74) is 12.1. The fourth-order valence-electron chi connectivity index (χ4n) is 8.14. The Morgan fingerprint density at radius 2 is 0.957 bits per heavy atom. The van der Waals surface area contributed by atoms with E-state index < -0.39 is 0 Å². The Balaban J connectivity index is 1.13. The number of aromatic nitrogens is 2. The van der Waals surface area contributed by atoms with Gasteiger partial charge in [0.2, 0.25) is 0 Å². The molecule has 9 aromatic rings. The second-order valence-electron chi connectivity index (χ2n) is 13.2. The Morgan fingerprint density at radius 3 is 1.61 bits per heavy atom. The molecule has 1 aliphatic carbocycles. The van der Waals surface area contributed by atoms with Gasteiger partial charge >= 0.3 is 0 Å². The van der Waals surface area contributed by atoms with Crippen LogP contribution >= 0.6 is 0 Å². The first-order chi connectivity index (χ1) is 22.6. The molecule has 0 spiro atoms. The Bertz CT molecular complexity index is 2640. The van der Waals surface area contributed by atoms with E-state index >= 15 is 0 Å². The molecule has 0 bridgehead atoms. The van der Waals surface area contributed by atoms with E-state index in [0.717, 1.165) is 16.8 Å². The molecule has 0 N–H and O–H groups in total. The first kappa shape index (κ1) is 25.6. The Kier molecular flexibility index (Phi) is 5.09. The molecule has 46 heavy (non-hydrogen) atoms. The van der Waals surface area contributed by atoms with E-state index in [1.165, 1.54) is 76.7 Å². The summed E-state index contributed by atoms with van der Waals surface area (Å²) < 4.78 is 2.42. The standard InChI is InChI=1S/C44H30N2/c1-44(2)38-25-27(40-24-23-37-31-13-4-3-11-29(31)30-12-5-6-16-36(30)43(37)45-40)19-21-32(38)33-22-20-28(26-39(33)44)46-41-17-9-7-14-34(41)35-15-8-10-18-42(35)46/h3-26H,1-2H3. The number of para-hydroxylation sites is 2. The highest BCUT2D eigenvalue weighted by Gasteiger charge is 2.36. The van der Waals surface area contributed by atoms with Crippen molar-refractivity contribution in [2.45, 2.75) is 19.3 Å². The van der Waals surface area contributed by atoms with Crippen LogP contribution in [0.1, 0.15) is 25.0 Å². The highest BCUT2D eigenvalue weighted by atomic mass is 15.0. The zero-order valence-electron chi connectivity index (χ0n) is 25.8. The Morgan fingerprint density at radius 1 is 0.457 bits per heavy atom. The van der Waals surface area contributed by atoms with Crippen molar-refractivity contribution in [3.05, 3.63) is 157 Å². The van der Waals surface area contributed by atoms with E-state index in [1.54, 1.807) is 0 Å². The third kappa shape index (κ3) is 3.39. The maximum atomic E-state index is 5.35. The van der Waals surface area contributed by atoms with Gasteiger partial charge in [0.25, 0.3) is 0 Å². The molecule has 0 atom stereocenters. The van der Waals surface area contributed by atoms with Gasteiger partial charge in [-0.3, -0.25) is 0 Å². The fourth-order valence-corrected chi connectivity index (χ4v) is 8.14. The van der Waals surface area contributed by atoms with Gasteiger partial charge in [0.15, 0.2) is 0 Å². The van der Waals surface area contributed by atoms with Crippen molar-refractivity contribution in [3.63, 3.8) is 0 Å². The monoisotopic (exact) mass is 586 g/mol. The minimum Gasteiger partial charge on any atom is -0.309 e. The van der Waals surface area contributed by atoms with Crippen molar-refractivity contribution in [3.8, 4) is 28.1 Å². The highest BCUT2D eigenvalue weighted by molar-refractivity contribution is 6.24. The topological polar surface area (TPSA) is 17.8 Å². The lowest BCUT2D eigenvalue weighted by Gasteiger charge is -2.23. The summed E-state index contributed by atoms with van der Waals surface area (Å²) in [6, 6.07) is 53.2. The van der Waals surface area contributed by atoms with Crippen molar-refractivity contribution in [2.75, 3.05) is 0 Å². The molecular formula is C44H30N2. The largest absolute Gasteiger partial charge is 0.309 e. The molecule has 10 rings (SSSR count). The molecule has 2 aromatic heterocycles. The van der Waals surface area contributed by atoms with Crippen LogP contribution in [-0.4, -0.2) is 9.55 Å². The average Bonchev–Trinajstić information content (AvgIpc) is 3.56. The SMILES string of the molecule is CC1(C)c2cc(-c3ccc4c5ccccc5c5ccccc5c4n3)ccc2-c2ccc(-n3c4ccccc4c4ccccc43)cc21. The highest BCUT2D eigenvalue weighted by Crippen LogP contribution is 2.50. The van der Waals surface area contributed by atoms with Gasteiger partial charge in [-0.2, -0.15) is 0 Å². The zero-order valence-corrected chi connectivity index (χ0v) is 25.8. The smallest absolute Gasteiger partial charge is 0.0794 e. The second-order valence-corrected chi connectivity index (χ2v) is 13.2. The van der Waals surface area contributed by atoms with Gasteiger partial charge < -0.3 is 4.57 Å². The fraction of sp³-hybridized carbons (Fsp3) is 0.0682. The van der Waals surface area contributed by atoms with Crippen LogP contribution in [0.5, 0.6) is 0 Å². The molecule has 0 unspecified atom stereocenters. The predicted octanol–water partition coefficient (Wildman–Crippen LogP) is 11.6. The summed E-state index contributed by atoms with van der Waals surface area (Å²) in [5, 5.41) is 8.75. The molecule has 0 saturated heterocycles. The quantitative estimate of drug-likeness (QED) is 0.184. The average molecular weight is 587 g/mol. The number of nitrogens with zero attached hydrogens (tertiary/aromatic N) is 2. The Labute approximate surface area is 267 Å². The number of pyridine rings is 1. The van der Waals surface area contributed by atoms with Crippen LogP contribution in [-0.2, 0) is 5.41 Å². The van der Waals surface area contributed by atoms with Crippen molar-refractivity contribution in [1.82, 2.24) is 9.55 Å². The van der Waals surface area contributed by atoms with Gasteiger partial charge in [-0.15, -0.1) is 0 Å². The van der Waals surface area contributed by atoms with Crippen LogP contribution in [0, 0.1) is 0 Å². The van der Waals surface area contributed by atoms with Crippen LogP contribution in [0.15, 0.2) is 146 Å². The molecule has 0 aliphatic heterocycles. The molecule has 1 aliphatic rings. The van der Waals surface area contributed by atoms with Crippen molar-refractivity contribution >= 4 is 54.3 Å². The van der Waals surface area contributed by atoms with Gasteiger partial charge in [0, 0.05) is 38.2 Å². The number of hydrogen-bond acceptors (Lipinski definition) is 1. The van der Waals surface area contributed by atoms with Crippen molar-refractivity contribution in [2.24, 2.45) is 0 Å². The molecule has 0 saturated carbocycles. The predicted molar refractivity (Wildman–Crippen MR) is 194 cm³/mol. The molecule has 0 radical (unpaired) electrons. The third-order valence-corrected chi connectivity index (χ3v) is 10.4. The van der Waals surface area contributed by atoms with E-state index in [-0.39, 0.29) is 5.41 Å². The van der Waals surface area contributed by atoms with Crippen molar-refractivity contribution in [1.29, 1.82) is 0 Å². The van der Waals surface area contributed by atoms with Gasteiger partial charge in [-0.25, -0.2) is 4.98 Å². The maximum absolute atomic E-state index is 5.35. The summed E-state index contributed by atoms with van der Waals surface area (Å²) in [7, 11) is 0. The molecule has 0 amide bonds. The first-order valence-corrected chi connectivity index (χ1v) is 16.1. The molecule has 7 aromatic carbocycles. The molecule has 2 heterocycles. The number of benzene rings is 7. The zero-order chi connectivity index (χ0) is 30.6. The van der Waals surface area contributed by atoms with E-state index in [9.17, 15) is 0 Å². The molecular weight excluding hydrogens is 556 g/mol. The number of fused-ring (bicyclic) bond motifs is 12. The van der Waals surface area contributed by atoms with Gasteiger partial charge in [0.05, 0.1) is 22.2 Å². The lowest BCUT2D eigenvalue weighted by molar-refractivity contribution is 0.660. The van der Waals surface area contributed by atoms with Crippen LogP contribution in [0.25, 0.3) is 82.3 Å². The third-order valence-electron chi connectivity index (χ3n) is 10.4.